The van der Waals surface area contributed by atoms with E-state index in [1.165, 1.54) is 0 Å². The van der Waals surface area contributed by atoms with Crippen molar-refractivity contribution in [1.29, 1.82) is 0 Å². The second-order valence-electron chi connectivity index (χ2n) is 8.04. The van der Waals surface area contributed by atoms with Gasteiger partial charge in [-0.3, -0.25) is 0 Å². The zero-order valence-electron chi connectivity index (χ0n) is 15.3. The highest BCUT2D eigenvalue weighted by atomic mass is 16.6. The Morgan fingerprint density at radius 3 is 2.33 bits per heavy atom. The average molecular weight is 332 g/mol. The molecule has 3 rings (SSSR count). The van der Waals surface area contributed by atoms with Gasteiger partial charge in [0.05, 0.1) is 5.69 Å². The number of carbonyl (C=O) groups excluding carboxylic acids is 1. The highest BCUT2D eigenvalue weighted by molar-refractivity contribution is 5.69. The molecule has 2 atom stereocenters. The summed E-state index contributed by atoms with van der Waals surface area (Å²) in [5, 5.41) is 8.45. The molecule has 3 heterocycles. The number of hydrogen-bond donors (Lipinski definition) is 0. The van der Waals surface area contributed by atoms with Gasteiger partial charge >= 0.3 is 6.09 Å². The molecule has 1 aromatic heterocycles. The summed E-state index contributed by atoms with van der Waals surface area (Å²) >= 11 is 0. The van der Waals surface area contributed by atoms with E-state index in [9.17, 15) is 4.79 Å². The van der Waals surface area contributed by atoms with Crippen LogP contribution in [0.4, 0.5) is 10.6 Å². The third-order valence-electron chi connectivity index (χ3n) is 5.01. The minimum Gasteiger partial charge on any atom is -0.444 e. The fourth-order valence-corrected chi connectivity index (χ4v) is 3.84. The van der Waals surface area contributed by atoms with E-state index >= 15 is 0 Å². The van der Waals surface area contributed by atoms with Gasteiger partial charge in [0.1, 0.15) is 5.60 Å². The van der Waals surface area contributed by atoms with Crippen LogP contribution in [0.25, 0.3) is 0 Å². The Bertz CT molecular complexity index is 582. The van der Waals surface area contributed by atoms with Gasteiger partial charge in [-0.1, -0.05) is 0 Å². The van der Waals surface area contributed by atoms with Crippen molar-refractivity contribution < 1.29 is 9.53 Å². The Morgan fingerprint density at radius 1 is 1.21 bits per heavy atom. The molecule has 2 aliphatic rings. The zero-order valence-corrected chi connectivity index (χ0v) is 15.3. The first-order valence-corrected chi connectivity index (χ1v) is 8.79. The maximum absolute atomic E-state index is 12.5. The predicted octanol–water partition coefficient (Wildman–Crippen LogP) is 3.15. The van der Waals surface area contributed by atoms with Crippen LogP contribution in [0.15, 0.2) is 12.1 Å². The molecule has 6 nitrogen and oxygen atoms in total. The van der Waals surface area contributed by atoms with E-state index in [1.807, 2.05) is 44.7 Å². The van der Waals surface area contributed by atoms with E-state index in [-0.39, 0.29) is 18.2 Å². The lowest BCUT2D eigenvalue weighted by molar-refractivity contribution is 0.00597. The summed E-state index contributed by atoms with van der Waals surface area (Å²) < 4.78 is 5.60. The SMILES string of the molecule is Cc1ccc(N(C)C2CC3CCC(C2)N3C(=O)OC(C)(C)C)nn1. The van der Waals surface area contributed by atoms with E-state index in [0.717, 1.165) is 37.2 Å². The molecule has 2 aliphatic heterocycles. The number of amides is 1. The highest BCUT2D eigenvalue weighted by Gasteiger charge is 2.45. The molecule has 0 spiro atoms. The van der Waals surface area contributed by atoms with Crippen LogP contribution in [-0.2, 0) is 4.74 Å². The first-order chi connectivity index (χ1) is 11.2. The largest absolute Gasteiger partial charge is 0.444 e. The van der Waals surface area contributed by atoms with Crippen molar-refractivity contribution in [3.8, 4) is 0 Å². The third kappa shape index (κ3) is 3.47. The monoisotopic (exact) mass is 332 g/mol. The minimum atomic E-state index is -0.443. The number of ether oxygens (including phenoxy) is 1. The molecule has 2 bridgehead atoms. The van der Waals surface area contributed by atoms with Crippen LogP contribution in [0.2, 0.25) is 0 Å². The molecule has 2 unspecified atom stereocenters. The zero-order chi connectivity index (χ0) is 17.5. The Hall–Kier alpha value is -1.85. The van der Waals surface area contributed by atoms with E-state index in [1.54, 1.807) is 0 Å². The van der Waals surface area contributed by atoms with Crippen LogP contribution in [0.1, 0.15) is 52.1 Å². The molecule has 24 heavy (non-hydrogen) atoms. The maximum Gasteiger partial charge on any atom is 0.410 e. The van der Waals surface area contributed by atoms with E-state index in [4.69, 9.17) is 4.74 Å². The van der Waals surface area contributed by atoms with Crippen molar-refractivity contribution in [2.24, 2.45) is 0 Å². The van der Waals surface area contributed by atoms with Crippen LogP contribution < -0.4 is 4.90 Å². The van der Waals surface area contributed by atoms with Crippen LogP contribution in [0, 0.1) is 6.92 Å². The Kier molecular flexibility index (Phi) is 4.40. The van der Waals surface area contributed by atoms with Gasteiger partial charge in [-0.15, -0.1) is 5.10 Å². The topological polar surface area (TPSA) is 58.6 Å². The van der Waals surface area contributed by atoms with E-state index in [0.29, 0.717) is 6.04 Å². The van der Waals surface area contributed by atoms with Crippen LogP contribution in [0.3, 0.4) is 0 Å². The summed E-state index contributed by atoms with van der Waals surface area (Å²) in [6, 6.07) is 4.93. The van der Waals surface area contributed by atoms with E-state index in [2.05, 4.69) is 22.1 Å². The second-order valence-corrected chi connectivity index (χ2v) is 8.04. The first kappa shape index (κ1) is 17.0. The summed E-state index contributed by atoms with van der Waals surface area (Å²) in [5.74, 6) is 0.899. The van der Waals surface area contributed by atoms with Gasteiger partial charge in [-0.05, 0) is 65.5 Å². The summed E-state index contributed by atoms with van der Waals surface area (Å²) in [4.78, 5) is 16.7. The maximum atomic E-state index is 12.5. The van der Waals surface area contributed by atoms with Gasteiger partial charge in [-0.25, -0.2) is 4.79 Å². The summed E-state index contributed by atoms with van der Waals surface area (Å²) in [7, 11) is 2.08. The summed E-state index contributed by atoms with van der Waals surface area (Å²) in [6.07, 6.45) is 3.89. The lowest BCUT2D eigenvalue weighted by atomic mass is 9.96. The van der Waals surface area contributed by atoms with Crippen molar-refractivity contribution in [1.82, 2.24) is 15.1 Å². The molecule has 0 aliphatic carbocycles. The fourth-order valence-electron chi connectivity index (χ4n) is 3.84. The van der Waals surface area contributed by atoms with Crippen LogP contribution in [-0.4, -0.2) is 52.0 Å². The Labute approximate surface area is 144 Å². The molecule has 0 aromatic carbocycles. The smallest absolute Gasteiger partial charge is 0.410 e. The van der Waals surface area contributed by atoms with Crippen LogP contribution in [0.5, 0.6) is 0 Å². The van der Waals surface area contributed by atoms with Gasteiger partial charge in [0.25, 0.3) is 0 Å². The molecule has 2 fully saturated rings. The quantitative estimate of drug-likeness (QED) is 0.832. The lowest BCUT2D eigenvalue weighted by Crippen LogP contribution is -2.53. The minimum absolute atomic E-state index is 0.161. The fraction of sp³-hybridized carbons (Fsp3) is 0.722. The number of anilines is 1. The number of piperidine rings is 1. The molecular weight excluding hydrogens is 304 g/mol. The van der Waals surface area contributed by atoms with Crippen molar-refractivity contribution in [2.45, 2.75) is 77.1 Å². The van der Waals surface area contributed by atoms with Crippen LogP contribution >= 0.6 is 0 Å². The molecule has 1 amide bonds. The van der Waals surface area contributed by atoms with Crippen molar-refractivity contribution in [3.63, 3.8) is 0 Å². The molecule has 0 saturated carbocycles. The molecule has 1 aromatic rings. The molecule has 2 saturated heterocycles. The number of carbonyl (C=O) groups is 1. The second kappa shape index (κ2) is 6.22. The van der Waals surface area contributed by atoms with Gasteiger partial charge in [0.2, 0.25) is 0 Å². The average Bonchev–Trinajstić information content (AvgIpc) is 2.76. The Balaban J connectivity index is 1.68. The van der Waals surface area contributed by atoms with Crippen molar-refractivity contribution in [3.05, 3.63) is 17.8 Å². The standard InChI is InChI=1S/C18H28N4O2/c1-12-6-9-16(20-19-12)21(5)15-10-13-7-8-14(11-15)22(13)17(23)24-18(2,3)4/h6,9,13-15H,7-8,10-11H2,1-5H3. The van der Waals surface area contributed by atoms with E-state index < -0.39 is 5.60 Å². The summed E-state index contributed by atoms with van der Waals surface area (Å²) in [5.41, 5.74) is 0.480. The van der Waals surface area contributed by atoms with Gasteiger partial charge in [0.15, 0.2) is 5.82 Å². The molecule has 6 heteroatoms. The molecule has 0 radical (unpaired) electrons. The number of aromatic nitrogens is 2. The molecule has 0 N–H and O–H groups in total. The number of hydrogen-bond acceptors (Lipinski definition) is 5. The van der Waals surface area contributed by atoms with Crippen molar-refractivity contribution in [2.75, 3.05) is 11.9 Å². The Morgan fingerprint density at radius 2 is 1.83 bits per heavy atom. The number of nitrogens with zero attached hydrogens (tertiary/aromatic N) is 4. The van der Waals surface area contributed by atoms with Crippen molar-refractivity contribution >= 4 is 11.9 Å². The third-order valence-corrected chi connectivity index (χ3v) is 5.01. The highest BCUT2D eigenvalue weighted by Crippen LogP contribution is 2.38. The van der Waals surface area contributed by atoms with Gasteiger partial charge in [0, 0.05) is 25.2 Å². The number of fused-ring (bicyclic) bond motifs is 2. The number of aryl methyl sites for hydroxylation is 1. The predicted molar refractivity (Wildman–Crippen MR) is 93.1 cm³/mol. The molecule has 132 valence electrons. The lowest BCUT2D eigenvalue weighted by Gasteiger charge is -2.42. The van der Waals surface area contributed by atoms with Gasteiger partial charge < -0.3 is 14.5 Å². The number of rotatable bonds is 2. The normalized spacial score (nSPS) is 26.4. The van der Waals surface area contributed by atoms with Gasteiger partial charge in [-0.2, -0.15) is 5.10 Å². The summed E-state index contributed by atoms with van der Waals surface area (Å²) in [6.45, 7) is 7.70. The first-order valence-electron chi connectivity index (χ1n) is 8.79. The molecular formula is C18H28N4O2.